The Morgan fingerprint density at radius 3 is 2.73 bits per heavy atom. The van der Waals surface area contributed by atoms with E-state index in [1.807, 2.05) is 56.3 Å². The number of nitrogens with zero attached hydrogens (tertiary/aromatic N) is 1. The SMILES string of the molecule is Cc1ccccc1/C=N/NC(=O)CNc1cccc(Cl)c1C. The number of hydrogen-bond acceptors (Lipinski definition) is 3. The number of amides is 1. The first kappa shape index (κ1) is 16.0. The van der Waals surface area contributed by atoms with Gasteiger partial charge in [0.05, 0.1) is 12.8 Å². The maximum absolute atomic E-state index is 11.8. The summed E-state index contributed by atoms with van der Waals surface area (Å²) in [6.45, 7) is 4.03. The molecule has 1 amide bonds. The molecule has 0 unspecified atom stereocenters. The van der Waals surface area contributed by atoms with Gasteiger partial charge in [-0.05, 0) is 42.7 Å². The van der Waals surface area contributed by atoms with Gasteiger partial charge in [-0.15, -0.1) is 0 Å². The van der Waals surface area contributed by atoms with Gasteiger partial charge in [-0.1, -0.05) is 41.9 Å². The summed E-state index contributed by atoms with van der Waals surface area (Å²) in [7, 11) is 0. The normalized spacial score (nSPS) is 10.7. The van der Waals surface area contributed by atoms with Crippen molar-refractivity contribution in [2.24, 2.45) is 5.10 Å². The number of nitrogens with one attached hydrogen (secondary N) is 2. The maximum atomic E-state index is 11.8. The van der Waals surface area contributed by atoms with E-state index in [-0.39, 0.29) is 12.5 Å². The minimum absolute atomic E-state index is 0.131. The largest absolute Gasteiger partial charge is 0.376 e. The Kier molecular flexibility index (Phi) is 5.55. The summed E-state index contributed by atoms with van der Waals surface area (Å²) in [6, 6.07) is 13.4. The minimum Gasteiger partial charge on any atom is -0.376 e. The van der Waals surface area contributed by atoms with Crippen LogP contribution in [-0.2, 0) is 4.79 Å². The van der Waals surface area contributed by atoms with Crippen LogP contribution in [0.2, 0.25) is 5.02 Å². The van der Waals surface area contributed by atoms with E-state index in [0.717, 1.165) is 22.4 Å². The van der Waals surface area contributed by atoms with Gasteiger partial charge in [0.15, 0.2) is 0 Å². The van der Waals surface area contributed by atoms with Crippen LogP contribution in [0, 0.1) is 13.8 Å². The molecule has 2 aromatic rings. The van der Waals surface area contributed by atoms with Gasteiger partial charge in [0.2, 0.25) is 0 Å². The number of hydrogen-bond donors (Lipinski definition) is 2. The van der Waals surface area contributed by atoms with E-state index in [9.17, 15) is 4.79 Å². The van der Waals surface area contributed by atoms with Crippen molar-refractivity contribution in [1.29, 1.82) is 0 Å². The number of anilines is 1. The number of hydrazone groups is 1. The van der Waals surface area contributed by atoms with Gasteiger partial charge in [0.25, 0.3) is 5.91 Å². The topological polar surface area (TPSA) is 53.5 Å². The van der Waals surface area contributed by atoms with E-state index in [1.165, 1.54) is 0 Å². The van der Waals surface area contributed by atoms with E-state index in [4.69, 9.17) is 11.6 Å². The van der Waals surface area contributed by atoms with Crippen LogP contribution in [0.25, 0.3) is 0 Å². The van der Waals surface area contributed by atoms with Crippen molar-refractivity contribution < 1.29 is 4.79 Å². The predicted octanol–water partition coefficient (Wildman–Crippen LogP) is 3.52. The third-order valence-corrected chi connectivity index (χ3v) is 3.70. The Balaban J connectivity index is 1.86. The lowest BCUT2D eigenvalue weighted by Crippen LogP contribution is -2.26. The fourth-order valence-electron chi connectivity index (χ4n) is 1.92. The second-order valence-electron chi connectivity index (χ2n) is 4.92. The van der Waals surface area contributed by atoms with Crippen LogP contribution in [0.15, 0.2) is 47.6 Å². The molecule has 0 radical (unpaired) electrons. The number of halogens is 1. The molecule has 2 aromatic carbocycles. The Hall–Kier alpha value is -2.33. The van der Waals surface area contributed by atoms with Crippen LogP contribution in [0.3, 0.4) is 0 Å². The highest BCUT2D eigenvalue weighted by atomic mass is 35.5. The van der Waals surface area contributed by atoms with Crippen LogP contribution < -0.4 is 10.7 Å². The van der Waals surface area contributed by atoms with Crippen LogP contribution in [0.5, 0.6) is 0 Å². The van der Waals surface area contributed by atoms with Crippen molar-refractivity contribution in [3.05, 3.63) is 64.2 Å². The molecule has 0 spiro atoms. The standard InChI is InChI=1S/C17H18ClN3O/c1-12-6-3-4-7-14(12)10-20-21-17(22)11-19-16-9-5-8-15(18)13(16)2/h3-10,19H,11H2,1-2H3,(H,21,22)/b20-10+. The molecule has 2 N–H and O–H groups in total. The molecule has 114 valence electrons. The Bertz CT molecular complexity index is 698. The van der Waals surface area contributed by atoms with Gasteiger partial charge < -0.3 is 5.32 Å². The zero-order valence-corrected chi connectivity index (χ0v) is 13.3. The van der Waals surface area contributed by atoms with Crippen molar-refractivity contribution in [2.45, 2.75) is 13.8 Å². The summed E-state index contributed by atoms with van der Waals surface area (Å²) in [5.41, 5.74) is 6.33. The van der Waals surface area contributed by atoms with Gasteiger partial charge >= 0.3 is 0 Å². The molecular weight excluding hydrogens is 298 g/mol. The summed E-state index contributed by atoms with van der Waals surface area (Å²) >= 11 is 6.03. The number of rotatable bonds is 5. The van der Waals surface area contributed by atoms with Gasteiger partial charge in [-0.25, -0.2) is 5.43 Å². The molecule has 22 heavy (non-hydrogen) atoms. The van der Waals surface area contributed by atoms with E-state index >= 15 is 0 Å². The van der Waals surface area contributed by atoms with Gasteiger partial charge in [-0.3, -0.25) is 4.79 Å². The van der Waals surface area contributed by atoms with Gasteiger partial charge in [0, 0.05) is 10.7 Å². The molecule has 0 bridgehead atoms. The van der Waals surface area contributed by atoms with E-state index in [0.29, 0.717) is 5.02 Å². The Morgan fingerprint density at radius 1 is 1.18 bits per heavy atom. The molecule has 4 nitrogen and oxygen atoms in total. The average Bonchev–Trinajstić information content (AvgIpc) is 2.51. The van der Waals surface area contributed by atoms with E-state index in [2.05, 4.69) is 15.8 Å². The zero-order valence-electron chi connectivity index (χ0n) is 12.6. The third kappa shape index (κ3) is 4.33. The summed E-state index contributed by atoms with van der Waals surface area (Å²) in [6.07, 6.45) is 1.64. The van der Waals surface area contributed by atoms with Crippen LogP contribution in [0.1, 0.15) is 16.7 Å². The first-order valence-electron chi connectivity index (χ1n) is 6.94. The minimum atomic E-state index is -0.218. The van der Waals surface area contributed by atoms with Crippen molar-refractivity contribution in [1.82, 2.24) is 5.43 Å². The monoisotopic (exact) mass is 315 g/mol. The lowest BCUT2D eigenvalue weighted by molar-refractivity contribution is -0.119. The summed E-state index contributed by atoms with van der Waals surface area (Å²) in [4.78, 5) is 11.8. The molecular formula is C17H18ClN3O. The quantitative estimate of drug-likeness (QED) is 0.655. The highest BCUT2D eigenvalue weighted by molar-refractivity contribution is 6.31. The molecule has 0 aliphatic carbocycles. The Morgan fingerprint density at radius 2 is 1.95 bits per heavy atom. The maximum Gasteiger partial charge on any atom is 0.259 e. The lowest BCUT2D eigenvalue weighted by atomic mass is 10.1. The van der Waals surface area contributed by atoms with Gasteiger partial charge in [-0.2, -0.15) is 5.10 Å². The van der Waals surface area contributed by atoms with Crippen molar-refractivity contribution in [2.75, 3.05) is 11.9 Å². The molecule has 0 aliphatic heterocycles. The van der Waals surface area contributed by atoms with E-state index in [1.54, 1.807) is 6.21 Å². The second kappa shape index (κ2) is 7.61. The Labute approximate surface area is 135 Å². The first-order chi connectivity index (χ1) is 10.6. The third-order valence-electron chi connectivity index (χ3n) is 3.29. The summed E-state index contributed by atoms with van der Waals surface area (Å²) in [5, 5.41) is 7.68. The van der Waals surface area contributed by atoms with Crippen LogP contribution in [-0.4, -0.2) is 18.7 Å². The number of aryl methyl sites for hydroxylation is 1. The second-order valence-corrected chi connectivity index (χ2v) is 5.32. The molecule has 0 atom stereocenters. The molecule has 0 aliphatic rings. The molecule has 0 aromatic heterocycles. The lowest BCUT2D eigenvalue weighted by Gasteiger charge is -2.09. The molecule has 0 fully saturated rings. The van der Waals surface area contributed by atoms with Gasteiger partial charge in [0.1, 0.15) is 0 Å². The number of carbonyl (C=O) groups excluding carboxylic acids is 1. The molecule has 5 heteroatoms. The summed E-state index contributed by atoms with van der Waals surface area (Å²) < 4.78 is 0. The van der Waals surface area contributed by atoms with Crippen LogP contribution in [0.4, 0.5) is 5.69 Å². The summed E-state index contributed by atoms with van der Waals surface area (Å²) in [5.74, 6) is -0.218. The average molecular weight is 316 g/mol. The highest BCUT2D eigenvalue weighted by Crippen LogP contribution is 2.22. The molecule has 0 saturated carbocycles. The number of carbonyl (C=O) groups is 1. The first-order valence-corrected chi connectivity index (χ1v) is 7.32. The van der Waals surface area contributed by atoms with Crippen molar-refractivity contribution in [3.8, 4) is 0 Å². The fourth-order valence-corrected chi connectivity index (χ4v) is 2.09. The number of benzene rings is 2. The zero-order chi connectivity index (χ0) is 15.9. The predicted molar refractivity (Wildman–Crippen MR) is 91.6 cm³/mol. The smallest absolute Gasteiger partial charge is 0.259 e. The fraction of sp³-hybridized carbons (Fsp3) is 0.176. The molecule has 2 rings (SSSR count). The van der Waals surface area contributed by atoms with Crippen LogP contribution >= 0.6 is 11.6 Å². The van der Waals surface area contributed by atoms with E-state index < -0.39 is 0 Å². The molecule has 0 heterocycles. The highest BCUT2D eigenvalue weighted by Gasteiger charge is 2.04. The molecule has 0 saturated heterocycles. The van der Waals surface area contributed by atoms with Crippen molar-refractivity contribution >= 4 is 29.4 Å². The van der Waals surface area contributed by atoms with Crippen molar-refractivity contribution in [3.63, 3.8) is 0 Å².